The molecule has 0 radical (unpaired) electrons. The maximum Gasteiger partial charge on any atom is 0.223 e. The molecule has 1 fully saturated rings. The number of nitrogen functional groups attached to an aromatic ring is 1. The zero-order valence-electron chi connectivity index (χ0n) is 15.5. The molecule has 1 aliphatic rings. The Balaban J connectivity index is 1.62. The first-order valence-corrected chi connectivity index (χ1v) is 9.21. The summed E-state index contributed by atoms with van der Waals surface area (Å²) in [6.45, 7) is 4.95. The Morgan fingerprint density at radius 2 is 1.93 bits per heavy atom. The second-order valence-electron chi connectivity index (χ2n) is 6.50. The quantitative estimate of drug-likeness (QED) is 0.703. The van der Waals surface area contributed by atoms with Gasteiger partial charge in [-0.2, -0.15) is 9.97 Å². The number of nitrogens with one attached hydrogen (secondary N) is 1. The molecule has 144 valence electrons. The van der Waals surface area contributed by atoms with Gasteiger partial charge in [0.25, 0.3) is 0 Å². The van der Waals surface area contributed by atoms with Gasteiger partial charge in [-0.3, -0.25) is 4.79 Å². The zero-order valence-corrected chi connectivity index (χ0v) is 15.5. The topological polar surface area (TPSA) is 108 Å². The number of nitrogens with two attached hydrogens (primary N) is 1. The van der Waals surface area contributed by atoms with E-state index < -0.39 is 6.10 Å². The van der Waals surface area contributed by atoms with Gasteiger partial charge in [0.05, 0.1) is 6.10 Å². The standard InChI is InChI=1S/C19H26N6O2/c1-2-18(27)25-10-8-24(9-11-25)17-12-16(22-19(20)23-17)21-13-15(26)14-6-4-3-5-7-14/h3-7,12,15,26H,2,8-11,13H2,1H3,(H3,20,21,22,23). The lowest BCUT2D eigenvalue weighted by Gasteiger charge is -2.35. The molecule has 0 aliphatic carbocycles. The van der Waals surface area contributed by atoms with Crippen LogP contribution >= 0.6 is 0 Å². The van der Waals surface area contributed by atoms with Gasteiger partial charge in [-0.25, -0.2) is 0 Å². The molecule has 8 heteroatoms. The molecule has 1 saturated heterocycles. The normalized spacial score (nSPS) is 15.5. The van der Waals surface area contributed by atoms with E-state index in [1.807, 2.05) is 48.2 Å². The average Bonchev–Trinajstić information content (AvgIpc) is 2.71. The number of carbonyl (C=O) groups excluding carboxylic acids is 1. The fourth-order valence-electron chi connectivity index (χ4n) is 3.11. The van der Waals surface area contributed by atoms with Gasteiger partial charge in [0, 0.05) is 45.2 Å². The van der Waals surface area contributed by atoms with Gasteiger partial charge >= 0.3 is 0 Å². The summed E-state index contributed by atoms with van der Waals surface area (Å²) in [6, 6.07) is 11.3. The summed E-state index contributed by atoms with van der Waals surface area (Å²) < 4.78 is 0. The van der Waals surface area contributed by atoms with Crippen LogP contribution in [0.1, 0.15) is 25.0 Å². The fourth-order valence-corrected chi connectivity index (χ4v) is 3.11. The van der Waals surface area contributed by atoms with Gasteiger partial charge in [0.2, 0.25) is 11.9 Å². The van der Waals surface area contributed by atoms with Crippen molar-refractivity contribution in [2.75, 3.05) is 48.7 Å². The number of benzene rings is 1. The molecule has 0 spiro atoms. The Morgan fingerprint density at radius 1 is 1.22 bits per heavy atom. The van der Waals surface area contributed by atoms with Crippen molar-refractivity contribution >= 4 is 23.5 Å². The fraction of sp³-hybridized carbons (Fsp3) is 0.421. The van der Waals surface area contributed by atoms with E-state index in [4.69, 9.17) is 5.73 Å². The zero-order chi connectivity index (χ0) is 19.2. The molecule has 1 aromatic heterocycles. The van der Waals surface area contributed by atoms with Gasteiger partial charge in [-0.1, -0.05) is 37.3 Å². The van der Waals surface area contributed by atoms with E-state index in [1.165, 1.54) is 0 Å². The molecule has 1 unspecified atom stereocenters. The number of piperazine rings is 1. The van der Waals surface area contributed by atoms with E-state index in [0.717, 1.165) is 11.4 Å². The van der Waals surface area contributed by atoms with Crippen molar-refractivity contribution in [3.05, 3.63) is 42.0 Å². The number of aliphatic hydroxyl groups excluding tert-OH is 1. The molecule has 3 rings (SSSR count). The Kier molecular flexibility index (Phi) is 6.08. The molecule has 0 saturated carbocycles. The van der Waals surface area contributed by atoms with Crippen molar-refractivity contribution in [1.29, 1.82) is 0 Å². The minimum Gasteiger partial charge on any atom is -0.387 e. The third kappa shape index (κ3) is 4.85. The molecular formula is C19H26N6O2. The van der Waals surface area contributed by atoms with Gasteiger partial charge in [0.1, 0.15) is 11.6 Å². The van der Waals surface area contributed by atoms with E-state index >= 15 is 0 Å². The van der Waals surface area contributed by atoms with Crippen LogP contribution in [-0.2, 0) is 4.79 Å². The van der Waals surface area contributed by atoms with Crippen LogP contribution in [0.15, 0.2) is 36.4 Å². The predicted molar refractivity (Wildman–Crippen MR) is 105 cm³/mol. The van der Waals surface area contributed by atoms with Crippen LogP contribution in [0.5, 0.6) is 0 Å². The third-order valence-electron chi connectivity index (χ3n) is 4.65. The second kappa shape index (κ2) is 8.68. The summed E-state index contributed by atoms with van der Waals surface area (Å²) in [7, 11) is 0. The minimum absolute atomic E-state index is 0.175. The highest BCUT2D eigenvalue weighted by atomic mass is 16.3. The number of hydrogen-bond donors (Lipinski definition) is 3. The Labute approximate surface area is 159 Å². The summed E-state index contributed by atoms with van der Waals surface area (Å²) in [5.41, 5.74) is 6.70. The summed E-state index contributed by atoms with van der Waals surface area (Å²) in [5, 5.41) is 13.4. The SMILES string of the molecule is CCC(=O)N1CCN(c2cc(NCC(O)c3ccccc3)nc(N)n2)CC1. The van der Waals surface area contributed by atoms with Crippen LogP contribution in [0.4, 0.5) is 17.6 Å². The highest BCUT2D eigenvalue weighted by molar-refractivity contribution is 5.76. The van der Waals surface area contributed by atoms with E-state index in [9.17, 15) is 9.90 Å². The molecule has 1 amide bonds. The molecule has 2 heterocycles. The van der Waals surface area contributed by atoms with E-state index in [2.05, 4.69) is 20.2 Å². The lowest BCUT2D eigenvalue weighted by atomic mass is 10.1. The number of hydrogen-bond acceptors (Lipinski definition) is 7. The van der Waals surface area contributed by atoms with Crippen LogP contribution in [0, 0.1) is 0 Å². The summed E-state index contributed by atoms with van der Waals surface area (Å²) in [5.74, 6) is 1.65. The monoisotopic (exact) mass is 370 g/mol. The van der Waals surface area contributed by atoms with Crippen molar-refractivity contribution in [3.63, 3.8) is 0 Å². The van der Waals surface area contributed by atoms with Crippen LogP contribution in [0.2, 0.25) is 0 Å². The summed E-state index contributed by atoms with van der Waals surface area (Å²) >= 11 is 0. The Bertz CT molecular complexity index is 762. The number of rotatable bonds is 6. The van der Waals surface area contributed by atoms with Gasteiger partial charge in [-0.15, -0.1) is 0 Å². The second-order valence-corrected chi connectivity index (χ2v) is 6.50. The molecule has 2 aromatic rings. The molecule has 1 aliphatic heterocycles. The minimum atomic E-state index is -0.644. The van der Waals surface area contributed by atoms with Crippen LogP contribution in [-0.4, -0.2) is 58.6 Å². The van der Waals surface area contributed by atoms with Crippen LogP contribution in [0.25, 0.3) is 0 Å². The Hall–Kier alpha value is -2.87. The van der Waals surface area contributed by atoms with Crippen LogP contribution < -0.4 is 16.0 Å². The summed E-state index contributed by atoms with van der Waals surface area (Å²) in [4.78, 5) is 24.3. The molecule has 1 atom stereocenters. The number of anilines is 3. The Morgan fingerprint density at radius 3 is 2.59 bits per heavy atom. The average molecular weight is 370 g/mol. The smallest absolute Gasteiger partial charge is 0.223 e. The van der Waals surface area contributed by atoms with Gasteiger partial charge in [0.15, 0.2) is 0 Å². The van der Waals surface area contributed by atoms with Crippen molar-refractivity contribution < 1.29 is 9.90 Å². The first-order valence-electron chi connectivity index (χ1n) is 9.21. The first kappa shape index (κ1) is 18.9. The van der Waals surface area contributed by atoms with Crippen molar-refractivity contribution in [3.8, 4) is 0 Å². The number of aliphatic hydroxyl groups is 1. The number of carbonyl (C=O) groups is 1. The van der Waals surface area contributed by atoms with Crippen LogP contribution in [0.3, 0.4) is 0 Å². The summed E-state index contributed by atoms with van der Waals surface area (Å²) in [6.07, 6.45) is -0.118. The number of nitrogens with zero attached hydrogens (tertiary/aromatic N) is 4. The van der Waals surface area contributed by atoms with Gasteiger partial charge in [-0.05, 0) is 5.56 Å². The molecule has 8 nitrogen and oxygen atoms in total. The van der Waals surface area contributed by atoms with Crippen molar-refractivity contribution in [1.82, 2.24) is 14.9 Å². The molecule has 27 heavy (non-hydrogen) atoms. The lowest BCUT2D eigenvalue weighted by Crippen LogP contribution is -2.48. The molecule has 0 bridgehead atoms. The van der Waals surface area contributed by atoms with Crippen molar-refractivity contribution in [2.45, 2.75) is 19.4 Å². The number of aromatic nitrogens is 2. The molecular weight excluding hydrogens is 344 g/mol. The largest absolute Gasteiger partial charge is 0.387 e. The third-order valence-corrected chi connectivity index (χ3v) is 4.65. The molecule has 4 N–H and O–H groups in total. The molecule has 1 aromatic carbocycles. The van der Waals surface area contributed by atoms with Crippen molar-refractivity contribution in [2.24, 2.45) is 0 Å². The number of amides is 1. The van der Waals surface area contributed by atoms with E-state index in [-0.39, 0.29) is 11.9 Å². The first-order chi connectivity index (χ1) is 13.1. The highest BCUT2D eigenvalue weighted by Crippen LogP contribution is 2.20. The highest BCUT2D eigenvalue weighted by Gasteiger charge is 2.21. The maximum absolute atomic E-state index is 11.8. The van der Waals surface area contributed by atoms with E-state index in [1.54, 1.807) is 0 Å². The van der Waals surface area contributed by atoms with Gasteiger partial charge < -0.3 is 26.0 Å². The predicted octanol–water partition coefficient (Wildman–Crippen LogP) is 1.26. The lowest BCUT2D eigenvalue weighted by molar-refractivity contribution is -0.131. The van der Waals surface area contributed by atoms with E-state index in [0.29, 0.717) is 45.0 Å². The maximum atomic E-state index is 11.8.